The van der Waals surface area contributed by atoms with E-state index >= 15 is 0 Å². The monoisotopic (exact) mass is 454 g/mol. The molecule has 0 fully saturated rings. The van der Waals surface area contributed by atoms with Gasteiger partial charge in [-0.05, 0) is 59.5 Å². The third-order valence-corrected chi connectivity index (χ3v) is 6.92. The Balaban J connectivity index is 1.66. The number of nitrogens with zero attached hydrogens (tertiary/aromatic N) is 1. The fraction of sp³-hybridized carbons (Fsp3) is 0. The number of sulfonamides is 1. The molecule has 2 aromatic heterocycles. The van der Waals surface area contributed by atoms with Crippen molar-refractivity contribution in [1.82, 2.24) is 4.98 Å². The van der Waals surface area contributed by atoms with Crippen LogP contribution in [-0.2, 0) is 10.0 Å². The fourth-order valence-corrected chi connectivity index (χ4v) is 4.88. The van der Waals surface area contributed by atoms with Crippen LogP contribution in [0.5, 0.6) is 0 Å². The molecule has 4 rings (SSSR count). The minimum absolute atomic E-state index is 0.0973. The summed E-state index contributed by atoms with van der Waals surface area (Å²) in [4.78, 5) is 17.9. The van der Waals surface area contributed by atoms with Gasteiger partial charge in [-0.15, -0.1) is 11.3 Å². The highest BCUT2D eigenvalue weighted by Gasteiger charge is 2.20. The fourth-order valence-electron chi connectivity index (χ4n) is 2.90. The molecule has 5 nitrogen and oxygen atoms in total. The highest BCUT2D eigenvalue weighted by molar-refractivity contribution is 7.92. The molecular weight excluding hydrogens is 440 g/mol. The van der Waals surface area contributed by atoms with Crippen molar-refractivity contribution in [3.05, 3.63) is 101 Å². The Morgan fingerprint density at radius 3 is 2.37 bits per heavy atom. The number of hydrogen-bond donors (Lipinski definition) is 1. The maximum absolute atomic E-state index is 12.9. The van der Waals surface area contributed by atoms with Crippen LogP contribution < -0.4 is 4.72 Å². The molecule has 0 aliphatic rings. The number of hydrogen-bond acceptors (Lipinski definition) is 5. The van der Waals surface area contributed by atoms with Gasteiger partial charge in [0, 0.05) is 33.4 Å². The summed E-state index contributed by atoms with van der Waals surface area (Å²) in [5.74, 6) is -0.356. The molecule has 150 valence electrons. The lowest BCUT2D eigenvalue weighted by atomic mass is 10.0. The quantitative estimate of drug-likeness (QED) is 0.390. The number of rotatable bonds is 6. The van der Waals surface area contributed by atoms with Crippen LogP contribution in [-0.4, -0.2) is 19.2 Å². The number of pyridine rings is 1. The van der Waals surface area contributed by atoms with Crippen LogP contribution >= 0.6 is 22.9 Å². The average Bonchev–Trinajstić information content (AvgIpc) is 3.30. The summed E-state index contributed by atoms with van der Waals surface area (Å²) in [5.41, 5.74) is 1.63. The zero-order valence-electron chi connectivity index (χ0n) is 15.4. The zero-order chi connectivity index (χ0) is 21.1. The molecule has 0 saturated carbocycles. The smallest absolute Gasteiger partial charge is 0.261 e. The molecule has 2 heterocycles. The van der Waals surface area contributed by atoms with Gasteiger partial charge in [0.15, 0.2) is 5.78 Å². The van der Waals surface area contributed by atoms with E-state index in [1.54, 1.807) is 35.6 Å². The lowest BCUT2D eigenvalue weighted by Crippen LogP contribution is -2.16. The molecule has 1 N–H and O–H groups in total. The maximum Gasteiger partial charge on any atom is 0.261 e. The molecule has 2 aromatic carbocycles. The molecule has 0 unspecified atom stereocenters. The van der Waals surface area contributed by atoms with E-state index in [2.05, 4.69) is 9.71 Å². The van der Waals surface area contributed by atoms with Gasteiger partial charge in [-0.2, -0.15) is 0 Å². The van der Waals surface area contributed by atoms with Crippen LogP contribution in [0.15, 0.2) is 89.4 Å². The van der Waals surface area contributed by atoms with E-state index in [0.717, 1.165) is 10.4 Å². The second-order valence-electron chi connectivity index (χ2n) is 6.36. The molecule has 0 amide bonds. The van der Waals surface area contributed by atoms with Gasteiger partial charge in [0.05, 0.1) is 10.6 Å². The summed E-state index contributed by atoms with van der Waals surface area (Å²) in [7, 11) is -3.90. The molecule has 0 aliphatic carbocycles. The number of halogens is 1. The average molecular weight is 455 g/mol. The van der Waals surface area contributed by atoms with Gasteiger partial charge in [-0.1, -0.05) is 29.8 Å². The van der Waals surface area contributed by atoms with Crippen LogP contribution in [0.3, 0.4) is 0 Å². The minimum atomic E-state index is -3.90. The second-order valence-corrected chi connectivity index (χ2v) is 9.43. The van der Waals surface area contributed by atoms with Gasteiger partial charge in [-0.25, -0.2) is 8.42 Å². The number of carbonyl (C=O) groups is 1. The highest BCUT2D eigenvalue weighted by atomic mass is 35.5. The molecule has 0 spiro atoms. The summed E-state index contributed by atoms with van der Waals surface area (Å²) >= 11 is 7.64. The predicted molar refractivity (Wildman–Crippen MR) is 120 cm³/mol. The number of anilines is 1. The number of thiophene rings is 1. The molecule has 0 saturated heterocycles. The van der Waals surface area contributed by atoms with E-state index in [-0.39, 0.29) is 21.9 Å². The van der Waals surface area contributed by atoms with E-state index in [1.165, 1.54) is 42.7 Å². The van der Waals surface area contributed by atoms with Gasteiger partial charge in [0.2, 0.25) is 0 Å². The van der Waals surface area contributed by atoms with Crippen molar-refractivity contribution >= 4 is 44.4 Å². The molecule has 8 heteroatoms. The molecule has 30 heavy (non-hydrogen) atoms. The summed E-state index contributed by atoms with van der Waals surface area (Å²) in [6, 6.07) is 18.1. The zero-order valence-corrected chi connectivity index (χ0v) is 17.8. The van der Waals surface area contributed by atoms with Crippen molar-refractivity contribution in [2.75, 3.05) is 4.72 Å². The van der Waals surface area contributed by atoms with Crippen LogP contribution in [0.4, 0.5) is 5.69 Å². The molecule has 0 bridgehead atoms. The van der Waals surface area contributed by atoms with E-state index in [9.17, 15) is 13.2 Å². The Labute approximate surface area is 183 Å². The van der Waals surface area contributed by atoms with E-state index in [4.69, 9.17) is 11.6 Å². The van der Waals surface area contributed by atoms with Crippen molar-refractivity contribution in [3.8, 4) is 10.4 Å². The van der Waals surface area contributed by atoms with Crippen molar-refractivity contribution in [3.63, 3.8) is 0 Å². The van der Waals surface area contributed by atoms with Crippen LogP contribution in [0.25, 0.3) is 10.4 Å². The molecular formula is C22H15ClN2O3S2. The van der Waals surface area contributed by atoms with Crippen molar-refractivity contribution in [1.29, 1.82) is 0 Å². The minimum Gasteiger partial charge on any atom is -0.289 e. The van der Waals surface area contributed by atoms with Crippen molar-refractivity contribution in [2.45, 2.75) is 4.90 Å². The number of aromatic nitrogens is 1. The predicted octanol–water partition coefficient (Wildman–Crippen LogP) is 5.50. The molecule has 0 aliphatic heterocycles. The SMILES string of the molecule is O=C(c1ccncc1)c1cc(Cl)ccc1NS(=O)(=O)c1ccc(-c2cccs2)cc1. The lowest BCUT2D eigenvalue weighted by molar-refractivity contribution is 0.103. The van der Waals surface area contributed by atoms with Gasteiger partial charge in [0.1, 0.15) is 0 Å². The first kappa shape index (κ1) is 20.3. The van der Waals surface area contributed by atoms with Gasteiger partial charge >= 0.3 is 0 Å². The first-order valence-corrected chi connectivity index (χ1v) is 11.6. The van der Waals surface area contributed by atoms with Crippen LogP contribution in [0, 0.1) is 0 Å². The summed E-state index contributed by atoms with van der Waals surface area (Å²) in [6.07, 6.45) is 2.99. The Bertz CT molecular complexity index is 1290. The van der Waals surface area contributed by atoms with Gasteiger partial charge in [-0.3, -0.25) is 14.5 Å². The Kier molecular flexibility index (Phi) is 5.67. The first-order chi connectivity index (χ1) is 14.4. The summed E-state index contributed by atoms with van der Waals surface area (Å²) in [5, 5.41) is 2.29. The van der Waals surface area contributed by atoms with Gasteiger partial charge < -0.3 is 0 Å². The van der Waals surface area contributed by atoms with Crippen LogP contribution in [0.2, 0.25) is 5.02 Å². The molecule has 4 aromatic rings. The van der Waals surface area contributed by atoms with E-state index < -0.39 is 10.0 Å². The molecule has 0 radical (unpaired) electrons. The topological polar surface area (TPSA) is 76.1 Å². The highest BCUT2D eigenvalue weighted by Crippen LogP contribution is 2.28. The number of carbonyl (C=O) groups excluding carboxylic acids is 1. The van der Waals surface area contributed by atoms with E-state index in [1.807, 2.05) is 17.5 Å². The number of nitrogens with one attached hydrogen (secondary N) is 1. The van der Waals surface area contributed by atoms with Crippen LogP contribution in [0.1, 0.15) is 15.9 Å². The standard InChI is InChI=1S/C22H15ClN2O3S2/c23-17-5-8-20(19(14-17)22(26)16-9-11-24-12-10-16)25-30(27,28)18-6-3-15(4-7-18)21-2-1-13-29-21/h1-14,25H. The number of ketones is 1. The third kappa shape index (κ3) is 4.28. The van der Waals surface area contributed by atoms with Crippen molar-refractivity contribution in [2.24, 2.45) is 0 Å². The second kappa shape index (κ2) is 8.39. The normalized spacial score (nSPS) is 11.2. The van der Waals surface area contributed by atoms with Gasteiger partial charge in [0.25, 0.3) is 10.0 Å². The maximum atomic E-state index is 12.9. The first-order valence-electron chi connectivity index (χ1n) is 8.85. The Morgan fingerprint density at radius 1 is 0.967 bits per heavy atom. The summed E-state index contributed by atoms with van der Waals surface area (Å²) in [6.45, 7) is 0. The number of benzene rings is 2. The Hall–Kier alpha value is -3.00. The Morgan fingerprint density at radius 2 is 1.70 bits per heavy atom. The molecule has 0 atom stereocenters. The lowest BCUT2D eigenvalue weighted by Gasteiger charge is -2.13. The third-order valence-electron chi connectivity index (χ3n) is 4.38. The summed E-state index contributed by atoms with van der Waals surface area (Å²) < 4.78 is 28.4. The van der Waals surface area contributed by atoms with E-state index in [0.29, 0.717) is 10.6 Å². The largest absolute Gasteiger partial charge is 0.289 e. The van der Waals surface area contributed by atoms with Crippen molar-refractivity contribution < 1.29 is 13.2 Å².